The Morgan fingerprint density at radius 2 is 1.74 bits per heavy atom. The molecule has 0 bridgehead atoms. The van der Waals surface area contributed by atoms with Crippen molar-refractivity contribution in [3.63, 3.8) is 0 Å². The van der Waals surface area contributed by atoms with Crippen molar-refractivity contribution >= 4 is 16.6 Å². The molecule has 0 unspecified atom stereocenters. The quantitative estimate of drug-likeness (QED) is 0.307. The van der Waals surface area contributed by atoms with Gasteiger partial charge in [0, 0.05) is 24.2 Å². The molecule has 0 aliphatic rings. The molecular weight excluding hydrogens is 467 g/mol. The van der Waals surface area contributed by atoms with E-state index in [1.807, 2.05) is 0 Å². The van der Waals surface area contributed by atoms with Crippen molar-refractivity contribution in [3.8, 4) is 22.5 Å². The third-order valence-electron chi connectivity index (χ3n) is 5.31. The van der Waals surface area contributed by atoms with Crippen LogP contribution < -0.4 is 0 Å². The summed E-state index contributed by atoms with van der Waals surface area (Å²) >= 11 is 0. The van der Waals surface area contributed by atoms with Gasteiger partial charge in [-0.1, -0.05) is 0 Å². The minimum absolute atomic E-state index is 0.0560. The molecule has 0 saturated heterocycles. The molecule has 0 radical (unpaired) electrons. The van der Waals surface area contributed by atoms with Crippen LogP contribution in [0.2, 0.25) is 0 Å². The molecular formula is C22H12F7N5. The molecule has 1 N–H and O–H groups in total. The summed E-state index contributed by atoms with van der Waals surface area (Å²) in [5.74, 6) is -5.79. The molecule has 0 amide bonds. The van der Waals surface area contributed by atoms with E-state index in [1.165, 1.54) is 18.3 Å². The van der Waals surface area contributed by atoms with Crippen LogP contribution in [0.15, 0.2) is 48.9 Å². The van der Waals surface area contributed by atoms with E-state index < -0.39 is 35.0 Å². The Bertz CT molecular complexity index is 1560. The summed E-state index contributed by atoms with van der Waals surface area (Å²) in [4.78, 5) is 7.89. The highest BCUT2D eigenvalue weighted by Gasteiger charge is 2.36. The van der Waals surface area contributed by atoms with Gasteiger partial charge in [0.05, 0.1) is 40.2 Å². The van der Waals surface area contributed by atoms with Crippen LogP contribution >= 0.6 is 0 Å². The summed E-state index contributed by atoms with van der Waals surface area (Å²) < 4.78 is 98.5. The van der Waals surface area contributed by atoms with E-state index >= 15 is 4.39 Å². The van der Waals surface area contributed by atoms with Crippen molar-refractivity contribution in [2.45, 2.75) is 19.0 Å². The molecule has 0 aliphatic carbocycles. The Kier molecular flexibility index (Phi) is 4.68. The fraction of sp³-hybridized carbons (Fsp3) is 0.136. The Labute approximate surface area is 185 Å². The average molecular weight is 479 g/mol. The molecule has 3 heterocycles. The highest BCUT2D eigenvalue weighted by molar-refractivity contribution is 5.85. The number of hydrogen-bond acceptors (Lipinski definition) is 3. The fourth-order valence-electron chi connectivity index (χ4n) is 3.73. The molecule has 0 fully saturated rings. The van der Waals surface area contributed by atoms with Crippen LogP contribution in [0.5, 0.6) is 0 Å². The molecule has 3 aromatic heterocycles. The first-order valence-corrected chi connectivity index (χ1v) is 9.70. The predicted octanol–water partition coefficient (Wildman–Crippen LogP) is 6.35. The average Bonchev–Trinajstić information content (AvgIpc) is 3.38. The first-order valence-electron chi connectivity index (χ1n) is 9.70. The fourth-order valence-corrected chi connectivity index (χ4v) is 3.73. The highest BCUT2D eigenvalue weighted by atomic mass is 19.4. The molecule has 0 saturated carbocycles. The van der Waals surface area contributed by atoms with Gasteiger partial charge in [-0.3, -0.25) is 14.5 Å². The number of benzene rings is 2. The number of fused-ring (bicyclic) bond motifs is 2. The molecule has 5 rings (SSSR count). The van der Waals surface area contributed by atoms with Gasteiger partial charge in [0.25, 0.3) is 5.92 Å². The lowest BCUT2D eigenvalue weighted by Crippen LogP contribution is -2.10. The third-order valence-corrected chi connectivity index (χ3v) is 5.31. The van der Waals surface area contributed by atoms with E-state index in [0.717, 1.165) is 22.9 Å². The maximum atomic E-state index is 15.3. The van der Waals surface area contributed by atoms with Crippen LogP contribution in [-0.2, 0) is 12.1 Å². The molecule has 174 valence electrons. The Balaban J connectivity index is 1.78. The van der Waals surface area contributed by atoms with E-state index in [-0.39, 0.29) is 33.5 Å². The van der Waals surface area contributed by atoms with Gasteiger partial charge in [0.1, 0.15) is 17.3 Å². The SMILES string of the molecule is CC(F)(F)c1nc2cnc(-c3ccc(F)c(C(F)(F)F)c3)cn2c1-c1ccc2[nH]ncc2c1F. The van der Waals surface area contributed by atoms with Gasteiger partial charge in [-0.25, -0.2) is 13.8 Å². The van der Waals surface area contributed by atoms with Gasteiger partial charge in [0.15, 0.2) is 5.65 Å². The summed E-state index contributed by atoms with van der Waals surface area (Å²) in [5, 5.41) is 6.37. The number of aromatic nitrogens is 5. The Hall–Kier alpha value is -3.96. The monoisotopic (exact) mass is 479 g/mol. The summed E-state index contributed by atoms with van der Waals surface area (Å²) in [6.45, 7) is 0.594. The topological polar surface area (TPSA) is 58.9 Å². The lowest BCUT2D eigenvalue weighted by molar-refractivity contribution is -0.139. The minimum Gasteiger partial charge on any atom is -0.296 e. The Morgan fingerprint density at radius 3 is 2.44 bits per heavy atom. The Morgan fingerprint density at radius 1 is 0.971 bits per heavy atom. The van der Waals surface area contributed by atoms with Crippen molar-refractivity contribution in [2.75, 3.05) is 0 Å². The largest absolute Gasteiger partial charge is 0.419 e. The second kappa shape index (κ2) is 7.27. The number of nitrogens with one attached hydrogen (secondary N) is 1. The standard InChI is InChI=1S/C22H12F7N5/c1-21(25,26)20-19(11-3-5-15-12(18(11)24)7-31-33-15)34-9-16(30-8-17(34)32-20)10-2-4-14(23)13(6-10)22(27,28)29/h2-9H,1H3,(H,31,33). The number of imidazole rings is 1. The first kappa shape index (κ1) is 21.9. The summed E-state index contributed by atoms with van der Waals surface area (Å²) in [5.41, 5.74) is -2.72. The zero-order valence-electron chi connectivity index (χ0n) is 17.1. The lowest BCUT2D eigenvalue weighted by atomic mass is 10.0. The van der Waals surface area contributed by atoms with Crippen molar-refractivity contribution in [1.29, 1.82) is 0 Å². The van der Waals surface area contributed by atoms with Gasteiger partial charge in [-0.05, 0) is 30.3 Å². The van der Waals surface area contributed by atoms with Crippen molar-refractivity contribution in [3.05, 3.63) is 71.8 Å². The molecule has 0 aliphatic heterocycles. The summed E-state index contributed by atoms with van der Waals surface area (Å²) in [6, 6.07) is 5.00. The van der Waals surface area contributed by atoms with Gasteiger partial charge in [-0.2, -0.15) is 27.1 Å². The van der Waals surface area contributed by atoms with Gasteiger partial charge < -0.3 is 0 Å². The number of halogens is 7. The zero-order chi connectivity index (χ0) is 24.4. The van der Waals surface area contributed by atoms with E-state index in [2.05, 4.69) is 20.2 Å². The number of alkyl halides is 5. The van der Waals surface area contributed by atoms with E-state index in [0.29, 0.717) is 24.6 Å². The van der Waals surface area contributed by atoms with E-state index in [4.69, 9.17) is 0 Å². The molecule has 34 heavy (non-hydrogen) atoms. The molecule has 12 heteroatoms. The molecule has 0 atom stereocenters. The summed E-state index contributed by atoms with van der Waals surface area (Å²) in [7, 11) is 0. The molecule has 5 aromatic rings. The first-order chi connectivity index (χ1) is 15.9. The maximum absolute atomic E-state index is 15.3. The van der Waals surface area contributed by atoms with Crippen molar-refractivity contribution in [2.24, 2.45) is 0 Å². The number of H-pyrrole nitrogens is 1. The number of rotatable bonds is 3. The molecule has 2 aromatic carbocycles. The van der Waals surface area contributed by atoms with Crippen LogP contribution in [0, 0.1) is 11.6 Å². The predicted molar refractivity (Wildman–Crippen MR) is 108 cm³/mol. The maximum Gasteiger partial charge on any atom is 0.419 e. The smallest absolute Gasteiger partial charge is 0.296 e. The highest BCUT2D eigenvalue weighted by Crippen LogP contribution is 2.39. The van der Waals surface area contributed by atoms with Crippen LogP contribution in [0.1, 0.15) is 18.2 Å². The van der Waals surface area contributed by atoms with Crippen molar-refractivity contribution in [1.82, 2.24) is 24.6 Å². The molecule has 0 spiro atoms. The van der Waals surface area contributed by atoms with Crippen molar-refractivity contribution < 1.29 is 30.7 Å². The number of aromatic amines is 1. The van der Waals surface area contributed by atoms with Gasteiger partial charge >= 0.3 is 6.18 Å². The third kappa shape index (κ3) is 3.45. The van der Waals surface area contributed by atoms with Crippen LogP contribution in [0.25, 0.3) is 39.1 Å². The van der Waals surface area contributed by atoms with E-state index in [9.17, 15) is 26.3 Å². The van der Waals surface area contributed by atoms with Crippen LogP contribution in [0.3, 0.4) is 0 Å². The van der Waals surface area contributed by atoms with E-state index in [1.54, 1.807) is 0 Å². The second-order valence-electron chi connectivity index (χ2n) is 7.65. The zero-order valence-corrected chi connectivity index (χ0v) is 17.1. The molecule has 5 nitrogen and oxygen atoms in total. The van der Waals surface area contributed by atoms with Gasteiger partial charge in [-0.15, -0.1) is 0 Å². The normalized spacial score (nSPS) is 12.7. The minimum atomic E-state index is -4.95. The van der Waals surface area contributed by atoms with Crippen LogP contribution in [0.4, 0.5) is 30.7 Å². The van der Waals surface area contributed by atoms with Gasteiger partial charge in [0.2, 0.25) is 0 Å². The van der Waals surface area contributed by atoms with Crippen LogP contribution in [-0.4, -0.2) is 24.6 Å². The lowest BCUT2D eigenvalue weighted by Gasteiger charge is -2.13. The number of nitrogens with zero attached hydrogens (tertiary/aromatic N) is 4. The number of hydrogen-bond donors (Lipinski definition) is 1. The summed E-state index contributed by atoms with van der Waals surface area (Å²) in [6.07, 6.45) is -1.53. The second-order valence-corrected chi connectivity index (χ2v) is 7.65.